The molecule has 3 aromatic rings. The summed E-state index contributed by atoms with van der Waals surface area (Å²) in [7, 11) is 0. The minimum absolute atomic E-state index is 0.350. The quantitative estimate of drug-likeness (QED) is 0.703. The van der Waals surface area contributed by atoms with Gasteiger partial charge in [-0.2, -0.15) is 0 Å². The molecule has 0 saturated carbocycles. The minimum Gasteiger partial charge on any atom is -0.253 e. The number of fused-ring (bicyclic) bond motifs is 1. The Morgan fingerprint density at radius 2 is 1.83 bits per heavy atom. The molecule has 0 aliphatic heterocycles. The van der Waals surface area contributed by atoms with Gasteiger partial charge in [-0.3, -0.25) is 9.97 Å². The molecule has 1 unspecified atom stereocenters. The van der Waals surface area contributed by atoms with Gasteiger partial charge in [0.2, 0.25) is 0 Å². The van der Waals surface area contributed by atoms with Crippen LogP contribution in [0.5, 0.6) is 0 Å². The fourth-order valence-electron chi connectivity index (χ4n) is 1.99. The summed E-state index contributed by atoms with van der Waals surface area (Å²) >= 11 is 1.75. The maximum atomic E-state index is 4.35. The van der Waals surface area contributed by atoms with E-state index in [-0.39, 0.29) is 0 Å². The van der Waals surface area contributed by atoms with Crippen molar-refractivity contribution in [1.82, 2.24) is 15.0 Å². The number of aromatic nitrogens is 3. The van der Waals surface area contributed by atoms with E-state index in [2.05, 4.69) is 34.0 Å². The summed E-state index contributed by atoms with van der Waals surface area (Å²) in [6.45, 7) is 4.23. The van der Waals surface area contributed by atoms with Gasteiger partial charge in [0.1, 0.15) is 0 Å². The molecule has 2 heterocycles. The predicted octanol–water partition coefficient (Wildman–Crippen LogP) is 3.55. The summed E-state index contributed by atoms with van der Waals surface area (Å²) in [4.78, 5) is 14.2. The average Bonchev–Trinajstić information content (AvgIpc) is 2.84. The lowest BCUT2D eigenvalue weighted by Gasteiger charge is -2.09. The largest absolute Gasteiger partial charge is 0.253 e. The van der Waals surface area contributed by atoms with Crippen LogP contribution in [-0.2, 0) is 0 Å². The molecule has 1 aromatic carbocycles. The lowest BCUT2D eigenvalue weighted by atomic mass is 9.99. The van der Waals surface area contributed by atoms with Gasteiger partial charge in [0.05, 0.1) is 16.0 Å². The first-order chi connectivity index (χ1) is 8.74. The molecule has 3 nitrogen and oxygen atoms in total. The standard InChI is InChI=1S/C14H13N3S/c1-9(14-8-17-10(2)18-14)11-3-4-12-13(7-11)16-6-5-15-12/h3-9H,1-2H3. The van der Waals surface area contributed by atoms with Crippen LogP contribution < -0.4 is 0 Å². The Morgan fingerprint density at radius 1 is 1.06 bits per heavy atom. The summed E-state index contributed by atoms with van der Waals surface area (Å²) in [5.74, 6) is 0.350. The van der Waals surface area contributed by atoms with E-state index in [1.54, 1.807) is 23.7 Å². The van der Waals surface area contributed by atoms with Gasteiger partial charge in [0, 0.05) is 29.4 Å². The molecule has 0 fully saturated rings. The van der Waals surface area contributed by atoms with Crippen LogP contribution in [-0.4, -0.2) is 15.0 Å². The van der Waals surface area contributed by atoms with Crippen LogP contribution in [0.3, 0.4) is 0 Å². The number of hydrogen-bond acceptors (Lipinski definition) is 4. The first-order valence-corrected chi connectivity index (χ1v) is 6.68. The third-order valence-electron chi connectivity index (χ3n) is 3.06. The second-order valence-electron chi connectivity index (χ2n) is 4.31. The highest BCUT2D eigenvalue weighted by molar-refractivity contribution is 7.11. The highest BCUT2D eigenvalue weighted by Gasteiger charge is 2.12. The smallest absolute Gasteiger partial charge is 0.0896 e. The van der Waals surface area contributed by atoms with Crippen molar-refractivity contribution < 1.29 is 0 Å². The number of hydrogen-bond donors (Lipinski definition) is 0. The van der Waals surface area contributed by atoms with Gasteiger partial charge >= 0.3 is 0 Å². The van der Waals surface area contributed by atoms with E-state index < -0.39 is 0 Å². The van der Waals surface area contributed by atoms with Gasteiger partial charge in [-0.1, -0.05) is 13.0 Å². The van der Waals surface area contributed by atoms with E-state index >= 15 is 0 Å². The van der Waals surface area contributed by atoms with Crippen molar-refractivity contribution in [3.05, 3.63) is 52.2 Å². The zero-order chi connectivity index (χ0) is 12.5. The molecule has 0 aliphatic rings. The van der Waals surface area contributed by atoms with Crippen molar-refractivity contribution in [2.75, 3.05) is 0 Å². The van der Waals surface area contributed by atoms with Gasteiger partial charge in [0.25, 0.3) is 0 Å². The second kappa shape index (κ2) is 4.46. The molecule has 0 amide bonds. The molecular weight excluding hydrogens is 242 g/mol. The van der Waals surface area contributed by atoms with Crippen LogP contribution in [0.15, 0.2) is 36.8 Å². The van der Waals surface area contributed by atoms with Crippen LogP contribution in [0.25, 0.3) is 11.0 Å². The Morgan fingerprint density at radius 3 is 2.56 bits per heavy atom. The third-order valence-corrected chi connectivity index (χ3v) is 4.15. The summed E-state index contributed by atoms with van der Waals surface area (Å²) in [6.07, 6.45) is 5.41. The monoisotopic (exact) mass is 255 g/mol. The molecule has 0 spiro atoms. The van der Waals surface area contributed by atoms with E-state index in [9.17, 15) is 0 Å². The average molecular weight is 255 g/mol. The van der Waals surface area contributed by atoms with Crippen molar-refractivity contribution in [3.63, 3.8) is 0 Å². The molecule has 90 valence electrons. The molecule has 2 aromatic heterocycles. The molecule has 18 heavy (non-hydrogen) atoms. The maximum Gasteiger partial charge on any atom is 0.0896 e. The Hall–Kier alpha value is -1.81. The van der Waals surface area contributed by atoms with Gasteiger partial charge in [-0.05, 0) is 24.6 Å². The molecule has 3 rings (SSSR count). The summed E-state index contributed by atoms with van der Waals surface area (Å²) in [5.41, 5.74) is 3.14. The lowest BCUT2D eigenvalue weighted by molar-refractivity contribution is 0.943. The summed E-state index contributed by atoms with van der Waals surface area (Å²) in [6, 6.07) is 6.26. The van der Waals surface area contributed by atoms with Crippen LogP contribution in [0.1, 0.15) is 28.3 Å². The Balaban J connectivity index is 2.03. The molecule has 0 bridgehead atoms. The summed E-state index contributed by atoms with van der Waals surface area (Å²) < 4.78 is 0. The highest BCUT2D eigenvalue weighted by atomic mass is 32.1. The Kier molecular flexibility index (Phi) is 2.80. The highest BCUT2D eigenvalue weighted by Crippen LogP contribution is 2.29. The minimum atomic E-state index is 0.350. The van der Waals surface area contributed by atoms with Gasteiger partial charge in [-0.25, -0.2) is 4.98 Å². The van der Waals surface area contributed by atoms with E-state index in [0.717, 1.165) is 16.0 Å². The van der Waals surface area contributed by atoms with E-state index in [1.807, 2.05) is 19.2 Å². The van der Waals surface area contributed by atoms with Gasteiger partial charge in [-0.15, -0.1) is 11.3 Å². The molecule has 0 aliphatic carbocycles. The fourth-order valence-corrected chi connectivity index (χ4v) is 2.86. The van der Waals surface area contributed by atoms with Crippen LogP contribution >= 0.6 is 11.3 Å². The van der Waals surface area contributed by atoms with Crippen LogP contribution in [0.2, 0.25) is 0 Å². The van der Waals surface area contributed by atoms with Crippen molar-refractivity contribution in [1.29, 1.82) is 0 Å². The number of thiazole rings is 1. The number of rotatable bonds is 2. The number of nitrogens with zero attached hydrogens (tertiary/aromatic N) is 3. The van der Waals surface area contributed by atoms with E-state index in [1.165, 1.54) is 10.4 Å². The van der Waals surface area contributed by atoms with Crippen molar-refractivity contribution in [3.8, 4) is 0 Å². The van der Waals surface area contributed by atoms with E-state index in [4.69, 9.17) is 0 Å². The van der Waals surface area contributed by atoms with Gasteiger partial charge in [0.15, 0.2) is 0 Å². The summed E-state index contributed by atoms with van der Waals surface area (Å²) in [5, 5.41) is 1.11. The Labute approximate surface area is 110 Å². The molecule has 4 heteroatoms. The molecule has 0 radical (unpaired) electrons. The third kappa shape index (κ3) is 1.99. The Bertz CT molecular complexity index is 690. The first kappa shape index (κ1) is 11.3. The number of aryl methyl sites for hydroxylation is 1. The van der Waals surface area contributed by atoms with Gasteiger partial charge < -0.3 is 0 Å². The molecular formula is C14H13N3S. The predicted molar refractivity (Wildman–Crippen MR) is 73.9 cm³/mol. The topological polar surface area (TPSA) is 38.7 Å². The molecule has 1 atom stereocenters. The number of benzene rings is 1. The molecule has 0 saturated heterocycles. The maximum absolute atomic E-state index is 4.35. The normalized spacial score (nSPS) is 12.8. The SMILES string of the molecule is Cc1ncc(C(C)c2ccc3nccnc3c2)s1. The van der Waals surface area contributed by atoms with E-state index in [0.29, 0.717) is 5.92 Å². The van der Waals surface area contributed by atoms with Crippen molar-refractivity contribution >= 4 is 22.4 Å². The van der Waals surface area contributed by atoms with Crippen LogP contribution in [0, 0.1) is 6.92 Å². The zero-order valence-corrected chi connectivity index (χ0v) is 11.1. The van der Waals surface area contributed by atoms with Crippen molar-refractivity contribution in [2.24, 2.45) is 0 Å². The lowest BCUT2D eigenvalue weighted by Crippen LogP contribution is -1.94. The second-order valence-corrected chi connectivity index (χ2v) is 5.57. The van der Waals surface area contributed by atoms with Crippen LogP contribution in [0.4, 0.5) is 0 Å². The van der Waals surface area contributed by atoms with Crippen molar-refractivity contribution in [2.45, 2.75) is 19.8 Å². The first-order valence-electron chi connectivity index (χ1n) is 5.87. The molecule has 0 N–H and O–H groups in total. The fraction of sp³-hybridized carbons (Fsp3) is 0.214. The zero-order valence-electron chi connectivity index (χ0n) is 10.3.